The summed E-state index contributed by atoms with van der Waals surface area (Å²) in [6, 6.07) is 8.13. The summed E-state index contributed by atoms with van der Waals surface area (Å²) in [5.74, 6) is 1.08. The molecule has 0 radical (unpaired) electrons. The van der Waals surface area contributed by atoms with Crippen LogP contribution in [0.5, 0.6) is 5.75 Å². The SMILES string of the molecule is COc1ccc(CCC(=O)N2CCCC2c2c(C)nn(C)c2C)cc1. The molecule has 5 nitrogen and oxygen atoms in total. The summed E-state index contributed by atoms with van der Waals surface area (Å²) >= 11 is 0. The van der Waals surface area contributed by atoms with E-state index in [2.05, 4.69) is 16.9 Å². The molecule has 2 heterocycles. The molecule has 1 fully saturated rings. The van der Waals surface area contributed by atoms with Crippen LogP contribution < -0.4 is 4.74 Å². The van der Waals surface area contributed by atoms with E-state index < -0.39 is 0 Å². The molecule has 2 aromatic rings. The van der Waals surface area contributed by atoms with E-state index in [-0.39, 0.29) is 11.9 Å². The van der Waals surface area contributed by atoms with Crippen molar-refractivity contribution in [3.63, 3.8) is 0 Å². The third-order valence-corrected chi connectivity index (χ3v) is 5.26. The Morgan fingerprint density at radius 3 is 2.60 bits per heavy atom. The van der Waals surface area contributed by atoms with Gasteiger partial charge in [-0.25, -0.2) is 0 Å². The fourth-order valence-corrected chi connectivity index (χ4v) is 3.82. The van der Waals surface area contributed by atoms with Crippen LogP contribution in [0.2, 0.25) is 0 Å². The second-order valence-corrected chi connectivity index (χ2v) is 6.80. The van der Waals surface area contributed by atoms with Gasteiger partial charge in [0.15, 0.2) is 0 Å². The number of rotatable bonds is 5. The number of hydrogen-bond donors (Lipinski definition) is 0. The molecule has 1 aromatic carbocycles. The van der Waals surface area contributed by atoms with Crippen molar-refractivity contribution < 1.29 is 9.53 Å². The normalized spacial score (nSPS) is 17.1. The van der Waals surface area contributed by atoms with Crippen LogP contribution in [0.3, 0.4) is 0 Å². The van der Waals surface area contributed by atoms with E-state index in [0.717, 1.165) is 42.9 Å². The lowest BCUT2D eigenvalue weighted by Gasteiger charge is -2.25. The number of methoxy groups -OCH3 is 1. The van der Waals surface area contributed by atoms with Gasteiger partial charge < -0.3 is 9.64 Å². The molecule has 25 heavy (non-hydrogen) atoms. The Balaban J connectivity index is 1.68. The number of likely N-dealkylation sites (tertiary alicyclic amines) is 1. The fraction of sp³-hybridized carbons (Fsp3) is 0.500. The molecule has 1 amide bonds. The van der Waals surface area contributed by atoms with Crippen molar-refractivity contribution in [2.24, 2.45) is 7.05 Å². The molecular formula is C20H27N3O2. The van der Waals surface area contributed by atoms with Crippen molar-refractivity contribution in [2.75, 3.05) is 13.7 Å². The number of nitrogens with zero attached hydrogens (tertiary/aromatic N) is 3. The summed E-state index contributed by atoms with van der Waals surface area (Å²) in [5.41, 5.74) is 4.61. The summed E-state index contributed by atoms with van der Waals surface area (Å²) in [6.45, 7) is 4.98. The first-order chi connectivity index (χ1) is 12.0. The third-order valence-electron chi connectivity index (χ3n) is 5.26. The lowest BCUT2D eigenvalue weighted by atomic mass is 10.0. The molecule has 1 aromatic heterocycles. The zero-order chi connectivity index (χ0) is 18.0. The lowest BCUT2D eigenvalue weighted by molar-refractivity contribution is -0.132. The van der Waals surface area contributed by atoms with Gasteiger partial charge in [-0.2, -0.15) is 5.10 Å². The van der Waals surface area contributed by atoms with Gasteiger partial charge >= 0.3 is 0 Å². The molecular weight excluding hydrogens is 314 g/mol. The number of aryl methyl sites for hydroxylation is 3. The van der Waals surface area contributed by atoms with Crippen LogP contribution in [0.15, 0.2) is 24.3 Å². The van der Waals surface area contributed by atoms with Gasteiger partial charge in [0.2, 0.25) is 5.91 Å². The fourth-order valence-electron chi connectivity index (χ4n) is 3.82. The van der Waals surface area contributed by atoms with Crippen LogP contribution in [0.4, 0.5) is 0 Å². The highest BCUT2D eigenvalue weighted by atomic mass is 16.5. The average molecular weight is 341 g/mol. The number of amides is 1. The highest BCUT2D eigenvalue weighted by Crippen LogP contribution is 2.35. The predicted molar refractivity (Wildman–Crippen MR) is 97.7 cm³/mol. The number of carbonyl (C=O) groups excluding carboxylic acids is 1. The maximum Gasteiger partial charge on any atom is 0.223 e. The molecule has 0 saturated carbocycles. The molecule has 134 valence electrons. The van der Waals surface area contributed by atoms with Crippen molar-refractivity contribution in [3.8, 4) is 5.75 Å². The Bertz CT molecular complexity index is 749. The van der Waals surface area contributed by atoms with Gasteiger partial charge in [0, 0.05) is 31.3 Å². The molecule has 1 atom stereocenters. The molecule has 5 heteroatoms. The summed E-state index contributed by atoms with van der Waals surface area (Å²) in [7, 11) is 3.63. The number of aromatic nitrogens is 2. The smallest absolute Gasteiger partial charge is 0.223 e. The first kappa shape index (κ1) is 17.5. The molecule has 1 aliphatic rings. The Kier molecular flexibility index (Phi) is 5.11. The van der Waals surface area contributed by atoms with Gasteiger partial charge in [0.05, 0.1) is 18.8 Å². The second-order valence-electron chi connectivity index (χ2n) is 6.80. The zero-order valence-electron chi connectivity index (χ0n) is 15.6. The molecule has 0 bridgehead atoms. The second kappa shape index (κ2) is 7.30. The molecule has 3 rings (SSSR count). The van der Waals surface area contributed by atoms with Crippen LogP contribution in [0.1, 0.15) is 47.8 Å². The molecule has 1 aliphatic heterocycles. The van der Waals surface area contributed by atoms with E-state index in [4.69, 9.17) is 4.74 Å². The van der Waals surface area contributed by atoms with Gasteiger partial charge in [-0.05, 0) is 50.8 Å². The number of carbonyl (C=O) groups is 1. The van der Waals surface area contributed by atoms with Crippen molar-refractivity contribution in [3.05, 3.63) is 46.8 Å². The van der Waals surface area contributed by atoms with E-state index in [0.29, 0.717) is 6.42 Å². The average Bonchev–Trinajstić information content (AvgIpc) is 3.18. The first-order valence-corrected chi connectivity index (χ1v) is 8.93. The minimum absolute atomic E-state index is 0.178. The number of benzene rings is 1. The van der Waals surface area contributed by atoms with Gasteiger partial charge in [-0.3, -0.25) is 9.48 Å². The summed E-state index contributed by atoms with van der Waals surface area (Å²) < 4.78 is 7.10. The highest BCUT2D eigenvalue weighted by Gasteiger charge is 2.33. The largest absolute Gasteiger partial charge is 0.497 e. The van der Waals surface area contributed by atoms with Crippen LogP contribution in [0, 0.1) is 13.8 Å². The maximum absolute atomic E-state index is 12.8. The third kappa shape index (κ3) is 3.55. The van der Waals surface area contributed by atoms with E-state index in [9.17, 15) is 4.79 Å². The quantitative estimate of drug-likeness (QED) is 0.838. The standard InChI is InChI=1S/C20H27N3O2/c1-14-20(15(2)22(3)21-14)18-6-5-13-23(18)19(24)12-9-16-7-10-17(25-4)11-8-16/h7-8,10-11,18H,5-6,9,12-13H2,1-4H3. The van der Waals surface area contributed by atoms with Gasteiger partial charge in [-0.1, -0.05) is 12.1 Å². The summed E-state index contributed by atoms with van der Waals surface area (Å²) in [4.78, 5) is 14.9. The number of hydrogen-bond acceptors (Lipinski definition) is 3. The van der Waals surface area contributed by atoms with Crippen molar-refractivity contribution >= 4 is 5.91 Å². The molecule has 1 unspecified atom stereocenters. The Morgan fingerprint density at radius 1 is 1.28 bits per heavy atom. The summed E-state index contributed by atoms with van der Waals surface area (Å²) in [5, 5.41) is 4.53. The van der Waals surface area contributed by atoms with Gasteiger partial charge in [0.1, 0.15) is 5.75 Å². The van der Waals surface area contributed by atoms with E-state index >= 15 is 0 Å². The van der Waals surface area contributed by atoms with Crippen LogP contribution in [-0.4, -0.2) is 34.2 Å². The highest BCUT2D eigenvalue weighted by molar-refractivity contribution is 5.77. The Hall–Kier alpha value is -2.30. The molecule has 0 aliphatic carbocycles. The summed E-state index contributed by atoms with van der Waals surface area (Å²) in [6.07, 6.45) is 3.40. The Morgan fingerprint density at radius 2 is 2.00 bits per heavy atom. The topological polar surface area (TPSA) is 47.4 Å². The monoisotopic (exact) mass is 341 g/mol. The first-order valence-electron chi connectivity index (χ1n) is 8.93. The van der Waals surface area contributed by atoms with E-state index in [1.54, 1.807) is 7.11 Å². The van der Waals surface area contributed by atoms with Gasteiger partial charge in [0.25, 0.3) is 0 Å². The Labute approximate surface area is 149 Å². The van der Waals surface area contributed by atoms with Crippen LogP contribution in [0.25, 0.3) is 0 Å². The minimum atomic E-state index is 0.178. The predicted octanol–water partition coefficient (Wildman–Crippen LogP) is 3.34. The van der Waals surface area contributed by atoms with Crippen molar-refractivity contribution in [1.82, 2.24) is 14.7 Å². The van der Waals surface area contributed by atoms with E-state index in [1.807, 2.05) is 42.9 Å². The number of ether oxygens (including phenoxy) is 1. The van der Waals surface area contributed by atoms with Crippen LogP contribution >= 0.6 is 0 Å². The molecule has 0 N–H and O–H groups in total. The molecule has 0 spiro atoms. The van der Waals surface area contributed by atoms with Crippen molar-refractivity contribution in [1.29, 1.82) is 0 Å². The minimum Gasteiger partial charge on any atom is -0.497 e. The van der Waals surface area contributed by atoms with Gasteiger partial charge in [-0.15, -0.1) is 0 Å². The van der Waals surface area contributed by atoms with Crippen molar-refractivity contribution in [2.45, 2.75) is 45.6 Å². The van der Waals surface area contributed by atoms with Crippen LogP contribution in [-0.2, 0) is 18.3 Å². The lowest BCUT2D eigenvalue weighted by Crippen LogP contribution is -2.31. The molecule has 1 saturated heterocycles. The zero-order valence-corrected chi connectivity index (χ0v) is 15.6. The maximum atomic E-state index is 12.8. The van der Waals surface area contributed by atoms with E-state index in [1.165, 1.54) is 11.1 Å².